The van der Waals surface area contributed by atoms with Gasteiger partial charge in [-0.25, -0.2) is 4.98 Å². The van der Waals surface area contributed by atoms with Crippen LogP contribution >= 0.6 is 11.8 Å². The van der Waals surface area contributed by atoms with Gasteiger partial charge >= 0.3 is 5.69 Å². The van der Waals surface area contributed by atoms with Crippen molar-refractivity contribution in [2.75, 3.05) is 12.4 Å². The second-order valence-electron chi connectivity index (χ2n) is 5.87. The Morgan fingerprint density at radius 1 is 1.31 bits per heavy atom. The summed E-state index contributed by atoms with van der Waals surface area (Å²) in [5, 5.41) is 20.0. The zero-order valence-corrected chi connectivity index (χ0v) is 16.2. The number of H-pyrrole nitrogens is 1. The first-order valence-electron chi connectivity index (χ1n) is 8.35. The van der Waals surface area contributed by atoms with Gasteiger partial charge in [-0.15, -0.1) is 5.10 Å². The summed E-state index contributed by atoms with van der Waals surface area (Å²) in [5.41, 5.74) is 0.228. The molecule has 3 rings (SSSR count). The third-order valence-electron chi connectivity index (χ3n) is 3.89. The van der Waals surface area contributed by atoms with E-state index in [9.17, 15) is 19.3 Å². The fourth-order valence-corrected chi connectivity index (χ4v) is 3.09. The number of nitrogens with one attached hydrogen (secondary N) is 2. The fraction of sp³-hybridized carbons (Fsp3) is 0.167. The topological polar surface area (TPSA) is 123 Å². The Morgan fingerprint density at radius 2 is 2.03 bits per heavy atom. The molecule has 2 N–H and O–H groups in total. The van der Waals surface area contributed by atoms with Crippen molar-refractivity contribution in [1.82, 2.24) is 15.2 Å². The highest BCUT2D eigenvalue weighted by Gasteiger charge is 2.20. The van der Waals surface area contributed by atoms with E-state index in [0.29, 0.717) is 16.7 Å². The molecule has 3 aromatic rings. The number of hydrogen-bond donors (Lipinski definition) is 2. The number of carbonyl (C=O) groups is 1. The molecule has 150 valence electrons. The molecule has 0 saturated heterocycles. The number of benzene rings is 2. The molecular weight excluding hydrogens is 401 g/mol. The van der Waals surface area contributed by atoms with E-state index in [-0.39, 0.29) is 5.69 Å². The van der Waals surface area contributed by atoms with Crippen molar-refractivity contribution in [3.8, 4) is 17.1 Å². The number of thioether (sulfide) groups is 1. The van der Waals surface area contributed by atoms with Crippen LogP contribution in [0.5, 0.6) is 5.75 Å². The second kappa shape index (κ2) is 8.69. The van der Waals surface area contributed by atoms with E-state index in [1.807, 2.05) is 12.1 Å². The molecule has 1 atom stereocenters. The molecule has 0 fully saturated rings. The third kappa shape index (κ3) is 4.88. The number of ether oxygens (including phenoxy) is 1. The lowest BCUT2D eigenvalue weighted by Crippen LogP contribution is -2.22. The van der Waals surface area contributed by atoms with Crippen molar-refractivity contribution in [2.24, 2.45) is 0 Å². The maximum absolute atomic E-state index is 13.4. The minimum atomic E-state index is -0.970. The van der Waals surface area contributed by atoms with E-state index in [0.717, 1.165) is 29.5 Å². The quantitative estimate of drug-likeness (QED) is 0.342. The summed E-state index contributed by atoms with van der Waals surface area (Å²) in [7, 11) is 1.58. The molecule has 0 aliphatic rings. The fourth-order valence-electron chi connectivity index (χ4n) is 2.36. The summed E-state index contributed by atoms with van der Waals surface area (Å²) in [6.07, 6.45) is 0. The predicted octanol–water partition coefficient (Wildman–Crippen LogP) is 3.65. The van der Waals surface area contributed by atoms with Gasteiger partial charge in [0.25, 0.3) is 0 Å². The number of anilines is 1. The normalized spacial score (nSPS) is 11.7. The second-order valence-corrected chi connectivity index (χ2v) is 7.18. The average Bonchev–Trinajstić information content (AvgIpc) is 3.17. The summed E-state index contributed by atoms with van der Waals surface area (Å²) in [5.74, 6) is -0.139. The van der Waals surface area contributed by atoms with Crippen molar-refractivity contribution < 1.29 is 18.8 Å². The number of amides is 1. The average molecular weight is 417 g/mol. The van der Waals surface area contributed by atoms with Crippen molar-refractivity contribution in [3.05, 3.63) is 58.4 Å². The zero-order chi connectivity index (χ0) is 21.0. The highest BCUT2D eigenvalue weighted by atomic mass is 32.2. The molecule has 29 heavy (non-hydrogen) atoms. The number of rotatable bonds is 7. The van der Waals surface area contributed by atoms with Gasteiger partial charge < -0.3 is 10.1 Å². The lowest BCUT2D eigenvalue weighted by atomic mass is 10.2. The first-order valence-corrected chi connectivity index (χ1v) is 9.23. The van der Waals surface area contributed by atoms with E-state index < -0.39 is 27.6 Å². The van der Waals surface area contributed by atoms with Crippen LogP contribution in [0.4, 0.5) is 15.8 Å². The predicted molar refractivity (Wildman–Crippen MR) is 105 cm³/mol. The molecule has 1 heterocycles. The van der Waals surface area contributed by atoms with Crippen molar-refractivity contribution in [2.45, 2.75) is 17.3 Å². The van der Waals surface area contributed by atoms with Crippen molar-refractivity contribution >= 4 is 29.0 Å². The van der Waals surface area contributed by atoms with Crippen LogP contribution in [0.1, 0.15) is 6.92 Å². The van der Waals surface area contributed by atoms with Crippen LogP contribution in [0.3, 0.4) is 0 Å². The Bertz CT molecular complexity index is 1040. The van der Waals surface area contributed by atoms with Crippen LogP contribution in [0.2, 0.25) is 0 Å². The molecule has 0 radical (unpaired) electrons. The number of hydrogen-bond acceptors (Lipinski definition) is 7. The highest BCUT2D eigenvalue weighted by Crippen LogP contribution is 2.26. The van der Waals surface area contributed by atoms with Crippen LogP contribution in [0.15, 0.2) is 47.6 Å². The smallest absolute Gasteiger partial charge is 0.306 e. The summed E-state index contributed by atoms with van der Waals surface area (Å²) < 4.78 is 18.5. The summed E-state index contributed by atoms with van der Waals surface area (Å²) in [6.45, 7) is 1.64. The van der Waals surface area contributed by atoms with Gasteiger partial charge in [0.2, 0.25) is 16.9 Å². The van der Waals surface area contributed by atoms with Gasteiger partial charge in [0.15, 0.2) is 5.82 Å². The lowest BCUT2D eigenvalue weighted by molar-refractivity contribution is -0.387. The van der Waals surface area contributed by atoms with E-state index in [1.165, 1.54) is 6.07 Å². The number of nitro benzene ring substituents is 1. The minimum absolute atomic E-state index is 0.129. The number of nitrogens with zero attached hydrogens (tertiary/aromatic N) is 3. The van der Waals surface area contributed by atoms with Gasteiger partial charge in [-0.3, -0.25) is 20.0 Å². The molecule has 0 aliphatic carbocycles. The molecule has 9 nitrogen and oxygen atoms in total. The largest absolute Gasteiger partial charge is 0.497 e. The standard InChI is InChI=1S/C18H16FN5O4S/c1-10(17(25)20-12-5-8-14(19)15(9-12)24(26)27)29-18-21-16(22-23-18)11-3-6-13(28-2)7-4-11/h3-10H,1-2H3,(H,20,25)(H,21,22,23). The monoisotopic (exact) mass is 417 g/mol. The Hall–Kier alpha value is -3.47. The van der Waals surface area contributed by atoms with Gasteiger partial charge in [-0.05, 0) is 43.3 Å². The Morgan fingerprint density at radius 3 is 2.69 bits per heavy atom. The Balaban J connectivity index is 1.65. The van der Waals surface area contributed by atoms with Gasteiger partial charge in [0, 0.05) is 17.3 Å². The van der Waals surface area contributed by atoms with Crippen LogP contribution in [0, 0.1) is 15.9 Å². The first-order chi connectivity index (χ1) is 13.9. The SMILES string of the molecule is COc1ccc(-c2nc(SC(C)C(=O)Nc3ccc(F)c([N+](=O)[O-])c3)n[nH]2)cc1. The highest BCUT2D eigenvalue weighted by molar-refractivity contribution is 8.00. The first kappa shape index (κ1) is 20.3. The molecule has 11 heteroatoms. The van der Waals surface area contributed by atoms with E-state index in [2.05, 4.69) is 20.5 Å². The molecule has 0 bridgehead atoms. The van der Waals surface area contributed by atoms with Gasteiger partial charge in [0.05, 0.1) is 17.3 Å². The Kier molecular flexibility index (Phi) is 6.07. The molecule has 2 aromatic carbocycles. The summed E-state index contributed by atoms with van der Waals surface area (Å²) >= 11 is 1.11. The van der Waals surface area contributed by atoms with E-state index in [1.54, 1.807) is 26.2 Å². The molecule has 1 aromatic heterocycles. The van der Waals surface area contributed by atoms with E-state index >= 15 is 0 Å². The maximum atomic E-state index is 13.4. The lowest BCUT2D eigenvalue weighted by Gasteiger charge is -2.10. The molecule has 0 spiro atoms. The summed E-state index contributed by atoms with van der Waals surface area (Å²) in [6, 6.07) is 10.4. The number of nitro groups is 1. The van der Waals surface area contributed by atoms with Crippen LogP contribution in [-0.2, 0) is 4.79 Å². The van der Waals surface area contributed by atoms with Gasteiger partial charge in [-0.2, -0.15) is 4.39 Å². The third-order valence-corrected chi connectivity index (χ3v) is 4.85. The van der Waals surface area contributed by atoms with Gasteiger partial charge in [-0.1, -0.05) is 11.8 Å². The van der Waals surface area contributed by atoms with Crippen LogP contribution in [-0.4, -0.2) is 38.4 Å². The number of aromatic amines is 1. The molecule has 1 unspecified atom stereocenters. The molecular formula is C18H16FN5O4S. The number of halogens is 1. The minimum Gasteiger partial charge on any atom is -0.497 e. The summed E-state index contributed by atoms with van der Waals surface area (Å²) in [4.78, 5) is 26.7. The van der Waals surface area contributed by atoms with E-state index in [4.69, 9.17) is 4.74 Å². The van der Waals surface area contributed by atoms with Crippen LogP contribution in [0.25, 0.3) is 11.4 Å². The number of methoxy groups -OCH3 is 1. The molecule has 1 amide bonds. The maximum Gasteiger partial charge on any atom is 0.306 e. The molecule has 0 saturated carbocycles. The number of carbonyl (C=O) groups excluding carboxylic acids is 1. The van der Waals surface area contributed by atoms with Crippen LogP contribution < -0.4 is 10.1 Å². The zero-order valence-electron chi connectivity index (χ0n) is 15.4. The Labute approximate surface area is 168 Å². The number of aromatic nitrogens is 3. The molecule has 0 aliphatic heterocycles. The van der Waals surface area contributed by atoms with Crippen molar-refractivity contribution in [1.29, 1.82) is 0 Å². The van der Waals surface area contributed by atoms with Gasteiger partial charge in [0.1, 0.15) is 5.75 Å². The van der Waals surface area contributed by atoms with Crippen molar-refractivity contribution in [3.63, 3.8) is 0 Å².